The fraction of sp³-hybridized carbons (Fsp3) is 0.273. The molecule has 1 aromatic heterocycles. The van der Waals surface area contributed by atoms with E-state index in [1.807, 2.05) is 61.0 Å². The van der Waals surface area contributed by atoms with Crippen molar-refractivity contribution in [1.82, 2.24) is 14.7 Å². The highest BCUT2D eigenvalue weighted by Gasteiger charge is 2.18. The molecule has 0 aliphatic carbocycles. The number of hydrogen-bond donors (Lipinski definition) is 1. The molecule has 2 aromatic carbocycles. The first kappa shape index (κ1) is 18.9. The van der Waals surface area contributed by atoms with Crippen molar-refractivity contribution in [3.8, 4) is 17.2 Å². The minimum atomic E-state index is -0.201. The van der Waals surface area contributed by atoms with Crippen LogP contribution in [0.25, 0.3) is 5.69 Å². The van der Waals surface area contributed by atoms with E-state index in [4.69, 9.17) is 9.47 Å². The Kier molecular flexibility index (Phi) is 5.12. The second-order valence-corrected chi connectivity index (χ2v) is 7.04. The molecule has 0 fully saturated rings. The molecule has 0 bridgehead atoms. The average molecular weight is 392 g/mol. The third kappa shape index (κ3) is 3.89. The fourth-order valence-corrected chi connectivity index (χ4v) is 3.37. The number of carbonyl (C=O) groups excluding carboxylic acids is 1. The van der Waals surface area contributed by atoms with E-state index in [2.05, 4.69) is 10.4 Å². The number of fused-ring (bicyclic) bond motifs is 1. The number of aryl methyl sites for hydroxylation is 1. The molecule has 0 atom stereocenters. The second kappa shape index (κ2) is 7.87. The molecule has 7 heteroatoms. The van der Waals surface area contributed by atoms with Gasteiger partial charge in [-0.3, -0.25) is 0 Å². The number of para-hydroxylation sites is 1. The molecule has 1 N–H and O–H groups in total. The van der Waals surface area contributed by atoms with E-state index >= 15 is 0 Å². The zero-order valence-electron chi connectivity index (χ0n) is 16.8. The van der Waals surface area contributed by atoms with E-state index in [1.54, 1.807) is 18.0 Å². The summed E-state index contributed by atoms with van der Waals surface area (Å²) in [4.78, 5) is 14.3. The van der Waals surface area contributed by atoms with E-state index < -0.39 is 0 Å². The summed E-state index contributed by atoms with van der Waals surface area (Å²) in [5.74, 6) is 1.34. The molecule has 3 aromatic rings. The first-order chi connectivity index (χ1) is 14.0. The smallest absolute Gasteiger partial charge is 0.321 e. The van der Waals surface area contributed by atoms with Crippen LogP contribution >= 0.6 is 0 Å². The van der Waals surface area contributed by atoms with E-state index in [0.29, 0.717) is 36.9 Å². The maximum absolute atomic E-state index is 12.7. The lowest BCUT2D eigenvalue weighted by molar-refractivity contribution is 0.171. The van der Waals surface area contributed by atoms with Crippen molar-refractivity contribution in [2.75, 3.05) is 25.6 Å². The number of hydrogen-bond acceptors (Lipinski definition) is 4. The number of anilines is 1. The highest BCUT2D eigenvalue weighted by atomic mass is 16.6. The Morgan fingerprint density at radius 1 is 1.10 bits per heavy atom. The van der Waals surface area contributed by atoms with Crippen molar-refractivity contribution in [3.63, 3.8) is 0 Å². The Morgan fingerprint density at radius 3 is 2.59 bits per heavy atom. The van der Waals surface area contributed by atoms with Crippen LogP contribution in [0.1, 0.15) is 17.0 Å². The summed E-state index contributed by atoms with van der Waals surface area (Å²) in [6.45, 7) is 5.50. The molecule has 2 heterocycles. The number of carbonyl (C=O) groups is 1. The molecule has 0 radical (unpaired) electrons. The number of nitrogens with zero attached hydrogens (tertiary/aromatic N) is 3. The number of urea groups is 1. The molecule has 1 aliphatic rings. The Morgan fingerprint density at radius 2 is 1.83 bits per heavy atom. The molecule has 0 spiro atoms. The molecule has 0 saturated carbocycles. The van der Waals surface area contributed by atoms with Gasteiger partial charge in [-0.25, -0.2) is 9.48 Å². The lowest BCUT2D eigenvalue weighted by atomic mass is 10.2. The maximum atomic E-state index is 12.7. The third-order valence-electron chi connectivity index (χ3n) is 4.98. The highest BCUT2D eigenvalue weighted by molar-refractivity contribution is 5.89. The van der Waals surface area contributed by atoms with Gasteiger partial charge in [-0.15, -0.1) is 0 Å². The van der Waals surface area contributed by atoms with Gasteiger partial charge < -0.3 is 19.7 Å². The van der Waals surface area contributed by atoms with E-state index in [0.717, 1.165) is 22.6 Å². The van der Waals surface area contributed by atoms with Gasteiger partial charge in [0, 0.05) is 30.1 Å². The Labute approximate surface area is 169 Å². The first-order valence-corrected chi connectivity index (χ1v) is 9.55. The third-order valence-corrected chi connectivity index (χ3v) is 4.98. The van der Waals surface area contributed by atoms with Crippen LogP contribution in [0.4, 0.5) is 10.5 Å². The molecule has 0 saturated heterocycles. The zero-order valence-corrected chi connectivity index (χ0v) is 16.8. The predicted octanol–water partition coefficient (Wildman–Crippen LogP) is 3.92. The first-order valence-electron chi connectivity index (χ1n) is 9.55. The molecule has 7 nitrogen and oxygen atoms in total. The van der Waals surface area contributed by atoms with Gasteiger partial charge in [-0.05, 0) is 38.1 Å². The molecule has 4 rings (SSSR count). The summed E-state index contributed by atoms with van der Waals surface area (Å²) in [6, 6.07) is 15.2. The monoisotopic (exact) mass is 392 g/mol. The SMILES string of the molecule is Cc1nn(-c2ccccc2)c(C)c1CN(C)C(=O)Nc1ccc2c(c1)OCCO2. The fourth-order valence-electron chi connectivity index (χ4n) is 3.37. The number of rotatable bonds is 4. The van der Waals surface area contributed by atoms with Gasteiger partial charge in [-0.2, -0.15) is 5.10 Å². The molecule has 150 valence electrons. The van der Waals surface area contributed by atoms with Crippen LogP contribution in [-0.4, -0.2) is 41.0 Å². The minimum absolute atomic E-state index is 0.201. The maximum Gasteiger partial charge on any atom is 0.321 e. The molecule has 2 amide bonds. The van der Waals surface area contributed by atoms with Gasteiger partial charge in [0.15, 0.2) is 11.5 Å². The minimum Gasteiger partial charge on any atom is -0.486 e. The molecule has 0 unspecified atom stereocenters. The Balaban J connectivity index is 1.47. The van der Waals surface area contributed by atoms with Crippen LogP contribution in [0.3, 0.4) is 0 Å². The van der Waals surface area contributed by atoms with Crippen LogP contribution < -0.4 is 14.8 Å². The number of amides is 2. The van der Waals surface area contributed by atoms with Gasteiger partial charge >= 0.3 is 6.03 Å². The molecular formula is C22H24N4O3. The number of aromatic nitrogens is 2. The number of ether oxygens (including phenoxy) is 2. The van der Waals surface area contributed by atoms with Gasteiger partial charge in [0.05, 0.1) is 17.9 Å². The molecule has 29 heavy (non-hydrogen) atoms. The lowest BCUT2D eigenvalue weighted by Crippen LogP contribution is -2.31. The van der Waals surface area contributed by atoms with E-state index in [9.17, 15) is 4.79 Å². The average Bonchev–Trinajstić information content (AvgIpc) is 3.02. The number of nitrogens with one attached hydrogen (secondary N) is 1. The topological polar surface area (TPSA) is 68.6 Å². The summed E-state index contributed by atoms with van der Waals surface area (Å²) in [5, 5.41) is 7.57. The van der Waals surface area contributed by atoms with Gasteiger partial charge in [-0.1, -0.05) is 18.2 Å². The normalized spacial score (nSPS) is 12.5. The van der Waals surface area contributed by atoms with Crippen molar-refractivity contribution in [1.29, 1.82) is 0 Å². The van der Waals surface area contributed by atoms with Crippen LogP contribution in [-0.2, 0) is 6.54 Å². The van der Waals surface area contributed by atoms with Crippen molar-refractivity contribution in [2.24, 2.45) is 0 Å². The van der Waals surface area contributed by atoms with Gasteiger partial charge in [0.2, 0.25) is 0 Å². The van der Waals surface area contributed by atoms with Crippen molar-refractivity contribution in [3.05, 3.63) is 65.5 Å². The summed E-state index contributed by atoms with van der Waals surface area (Å²) < 4.78 is 13.0. The van der Waals surface area contributed by atoms with E-state index in [-0.39, 0.29) is 6.03 Å². The van der Waals surface area contributed by atoms with Crippen molar-refractivity contribution < 1.29 is 14.3 Å². The Bertz CT molecular complexity index is 1030. The standard InChI is InChI=1S/C22H24N4O3/c1-15-19(16(2)26(24-15)18-7-5-4-6-8-18)14-25(3)22(27)23-17-9-10-20-21(13-17)29-12-11-28-20/h4-10,13H,11-12,14H2,1-3H3,(H,23,27). The van der Waals surface area contributed by atoms with E-state index in [1.165, 1.54) is 0 Å². The van der Waals surface area contributed by atoms with Crippen LogP contribution in [0.15, 0.2) is 48.5 Å². The number of benzene rings is 2. The Hall–Kier alpha value is -3.48. The van der Waals surface area contributed by atoms with Crippen LogP contribution in [0.2, 0.25) is 0 Å². The van der Waals surface area contributed by atoms with Crippen molar-refractivity contribution >= 4 is 11.7 Å². The van der Waals surface area contributed by atoms with Gasteiger partial charge in [0.1, 0.15) is 13.2 Å². The summed E-state index contributed by atoms with van der Waals surface area (Å²) in [7, 11) is 1.77. The summed E-state index contributed by atoms with van der Waals surface area (Å²) >= 11 is 0. The molecule has 1 aliphatic heterocycles. The quantitative estimate of drug-likeness (QED) is 0.731. The second-order valence-electron chi connectivity index (χ2n) is 7.04. The van der Waals surface area contributed by atoms with Gasteiger partial charge in [0.25, 0.3) is 0 Å². The lowest BCUT2D eigenvalue weighted by Gasteiger charge is -2.21. The van der Waals surface area contributed by atoms with Crippen molar-refractivity contribution in [2.45, 2.75) is 20.4 Å². The molecular weight excluding hydrogens is 368 g/mol. The highest BCUT2D eigenvalue weighted by Crippen LogP contribution is 2.32. The summed E-state index contributed by atoms with van der Waals surface area (Å²) in [5.41, 5.74) is 4.63. The zero-order chi connectivity index (χ0) is 20.4. The van der Waals surface area contributed by atoms with Crippen LogP contribution in [0.5, 0.6) is 11.5 Å². The van der Waals surface area contributed by atoms with Crippen LogP contribution in [0, 0.1) is 13.8 Å². The predicted molar refractivity (Wildman–Crippen MR) is 111 cm³/mol. The largest absolute Gasteiger partial charge is 0.486 e. The summed E-state index contributed by atoms with van der Waals surface area (Å²) in [6.07, 6.45) is 0.